The number of nitrogens with zero attached hydrogens (tertiary/aromatic N) is 8. The Balaban J connectivity index is 0.000000239. The summed E-state index contributed by atoms with van der Waals surface area (Å²) in [6.07, 6.45) is -0.156. The number of hydrogen-bond acceptors (Lipinski definition) is 13. The van der Waals surface area contributed by atoms with E-state index in [9.17, 15) is 23.6 Å². The van der Waals surface area contributed by atoms with Gasteiger partial charge in [0.15, 0.2) is 11.6 Å². The fourth-order valence-electron chi connectivity index (χ4n) is 5.89. The largest absolute Gasteiger partial charge is 0.488 e. The predicted octanol–water partition coefficient (Wildman–Crippen LogP) is 8.22. The number of rotatable bonds is 10. The van der Waals surface area contributed by atoms with Crippen LogP contribution < -0.4 is 42.3 Å². The van der Waals surface area contributed by atoms with Crippen LogP contribution in [-0.2, 0) is 29.8 Å². The van der Waals surface area contributed by atoms with E-state index in [-0.39, 0.29) is 42.1 Å². The summed E-state index contributed by atoms with van der Waals surface area (Å²) in [5, 5.41) is 4.15. The highest BCUT2D eigenvalue weighted by Gasteiger charge is 2.24. The first-order valence-corrected chi connectivity index (χ1v) is 21.6. The van der Waals surface area contributed by atoms with Crippen molar-refractivity contribution in [3.05, 3.63) is 147 Å². The number of aryl methyl sites for hydroxylation is 2. The highest BCUT2D eigenvalue weighted by Crippen LogP contribution is 2.26. The standard InChI is InChI=1S/C23H26ClFN4O3.C15H18ClN3O2.C8H13N3O2/c1-14(2)32-19-11-10-17(12-18(19)25)26-20-27-21(30)29(23(3,4)5)22(28-20)31-13-15-6-8-16(24)9-7-15;1-10-17-13(20)19(15(2,3)4)14(18-10)21-9-11-5-7-12(16)8-6-11;1-5-9-6(12)11(7(13)10-5)8(2,3)4/h6-12,14H,13H2,1-5H3,(H,26,27,30);5-8H,9H2,1-4H3;1-4H3,(H,9,10,12,13). The van der Waals surface area contributed by atoms with Gasteiger partial charge < -0.3 is 19.5 Å². The molecule has 0 fully saturated rings. The average molecular weight is 952 g/mol. The topological polar surface area (TPSA) is 203 Å². The number of hydrogen-bond donors (Lipinski definition) is 2. The molecule has 0 saturated carbocycles. The lowest BCUT2D eigenvalue weighted by Crippen LogP contribution is -2.46. The van der Waals surface area contributed by atoms with Crippen LogP contribution in [0.3, 0.4) is 0 Å². The zero-order chi connectivity index (χ0) is 49.3. The maximum absolute atomic E-state index is 14.3. The monoisotopic (exact) mass is 950 g/mol. The number of aromatic nitrogens is 9. The molecule has 0 unspecified atom stereocenters. The number of benzene rings is 3. The van der Waals surface area contributed by atoms with E-state index < -0.39 is 39.5 Å². The van der Waals surface area contributed by atoms with Gasteiger partial charge in [-0.3, -0.25) is 4.98 Å². The summed E-state index contributed by atoms with van der Waals surface area (Å²) in [7, 11) is 0. The van der Waals surface area contributed by atoms with Gasteiger partial charge >= 0.3 is 34.8 Å². The molecule has 3 aromatic carbocycles. The van der Waals surface area contributed by atoms with Crippen molar-refractivity contribution in [2.45, 2.75) is 126 Å². The second-order valence-corrected chi connectivity index (χ2v) is 19.0. The van der Waals surface area contributed by atoms with Crippen molar-refractivity contribution >= 4 is 34.8 Å². The van der Waals surface area contributed by atoms with Gasteiger partial charge in [0.25, 0.3) is 0 Å². The van der Waals surface area contributed by atoms with Gasteiger partial charge in [-0.05, 0) is 138 Å². The van der Waals surface area contributed by atoms with Crippen LogP contribution in [0.2, 0.25) is 10.0 Å². The van der Waals surface area contributed by atoms with Crippen LogP contribution in [0.1, 0.15) is 98.9 Å². The van der Waals surface area contributed by atoms with E-state index in [2.05, 4.69) is 35.2 Å². The van der Waals surface area contributed by atoms with E-state index in [0.29, 0.717) is 34.0 Å². The molecule has 66 heavy (non-hydrogen) atoms. The first-order chi connectivity index (χ1) is 30.6. The van der Waals surface area contributed by atoms with Gasteiger partial charge in [-0.1, -0.05) is 47.5 Å². The first-order valence-electron chi connectivity index (χ1n) is 20.8. The van der Waals surface area contributed by atoms with Crippen LogP contribution in [0.4, 0.5) is 16.0 Å². The first kappa shape index (κ1) is 52.2. The van der Waals surface area contributed by atoms with Crippen molar-refractivity contribution in [2.75, 3.05) is 5.32 Å². The molecule has 6 rings (SSSR count). The van der Waals surface area contributed by atoms with Gasteiger partial charge in [0.1, 0.15) is 24.9 Å². The van der Waals surface area contributed by atoms with Crippen LogP contribution in [0, 0.1) is 19.7 Å². The van der Waals surface area contributed by atoms with E-state index in [1.165, 1.54) is 21.3 Å². The van der Waals surface area contributed by atoms with E-state index >= 15 is 0 Å². The van der Waals surface area contributed by atoms with Crippen LogP contribution >= 0.6 is 23.2 Å². The minimum Gasteiger partial charge on any atom is -0.488 e. The van der Waals surface area contributed by atoms with Gasteiger partial charge in [0.2, 0.25) is 5.95 Å². The molecular formula is C46H57Cl2FN10O7. The smallest absolute Gasteiger partial charge is 0.355 e. The van der Waals surface area contributed by atoms with Crippen molar-refractivity contribution in [1.82, 2.24) is 43.6 Å². The van der Waals surface area contributed by atoms with Crippen molar-refractivity contribution < 1.29 is 18.6 Å². The molecular weight excluding hydrogens is 894 g/mol. The summed E-state index contributed by atoms with van der Waals surface area (Å²) in [5.74, 6) is 0.341. The highest BCUT2D eigenvalue weighted by atomic mass is 35.5. The summed E-state index contributed by atoms with van der Waals surface area (Å²) in [4.78, 5) is 70.2. The molecule has 0 aliphatic carbocycles. The third-order valence-electron chi connectivity index (χ3n) is 8.75. The zero-order valence-corrected chi connectivity index (χ0v) is 40.9. The fourth-order valence-corrected chi connectivity index (χ4v) is 6.15. The van der Waals surface area contributed by atoms with Crippen LogP contribution in [0.15, 0.2) is 85.9 Å². The summed E-state index contributed by atoms with van der Waals surface area (Å²) in [5.41, 5.74) is -1.25. The number of nitrogens with one attached hydrogen (secondary N) is 2. The predicted molar refractivity (Wildman–Crippen MR) is 253 cm³/mol. The molecule has 0 aliphatic rings. The fraction of sp³-hybridized carbons (Fsp3) is 0.413. The summed E-state index contributed by atoms with van der Waals surface area (Å²) in [6.45, 7) is 24.0. The molecule has 3 heterocycles. The molecule has 0 radical (unpaired) electrons. The second kappa shape index (κ2) is 21.7. The zero-order valence-electron chi connectivity index (χ0n) is 39.4. The molecule has 2 N–H and O–H groups in total. The molecule has 17 nitrogen and oxygen atoms in total. The number of ether oxygens (including phenoxy) is 3. The number of halogens is 3. The number of anilines is 2. The maximum Gasteiger partial charge on any atom is 0.355 e. The average Bonchev–Trinajstić information content (AvgIpc) is 3.16. The minimum absolute atomic E-state index is 0.00136. The Hall–Kier alpha value is -6.40. The van der Waals surface area contributed by atoms with Gasteiger partial charge in [-0.2, -0.15) is 24.9 Å². The van der Waals surface area contributed by atoms with Crippen molar-refractivity contribution in [1.29, 1.82) is 0 Å². The van der Waals surface area contributed by atoms with E-state index in [4.69, 9.17) is 37.4 Å². The van der Waals surface area contributed by atoms with Crippen molar-refractivity contribution in [2.24, 2.45) is 0 Å². The van der Waals surface area contributed by atoms with Gasteiger partial charge in [-0.15, -0.1) is 0 Å². The van der Waals surface area contributed by atoms with Crippen molar-refractivity contribution in [3.8, 4) is 17.8 Å². The second-order valence-electron chi connectivity index (χ2n) is 18.1. The van der Waals surface area contributed by atoms with Gasteiger partial charge in [-0.25, -0.2) is 37.3 Å². The lowest BCUT2D eigenvalue weighted by molar-refractivity contribution is 0.223. The van der Waals surface area contributed by atoms with Gasteiger partial charge in [0.05, 0.1) is 6.10 Å². The Bertz CT molecular complexity index is 2810. The Labute approximate surface area is 392 Å². The Morgan fingerprint density at radius 2 is 1.09 bits per heavy atom. The Kier molecular flexibility index (Phi) is 17.2. The lowest BCUT2D eigenvalue weighted by Gasteiger charge is -2.24. The van der Waals surface area contributed by atoms with E-state index in [0.717, 1.165) is 15.7 Å². The van der Waals surface area contributed by atoms with Crippen LogP contribution in [0.25, 0.3) is 0 Å². The maximum atomic E-state index is 14.3. The third-order valence-corrected chi connectivity index (χ3v) is 9.26. The lowest BCUT2D eigenvalue weighted by atomic mass is 10.1. The molecule has 0 saturated heterocycles. The molecule has 6 aromatic rings. The normalized spacial score (nSPS) is 11.5. The number of H-pyrrole nitrogens is 1. The minimum atomic E-state index is -0.618. The molecule has 3 aromatic heterocycles. The third kappa shape index (κ3) is 15.1. The molecule has 354 valence electrons. The summed E-state index contributed by atoms with van der Waals surface area (Å²) in [6, 6.07) is 19.2. The molecule has 0 spiro atoms. The van der Waals surface area contributed by atoms with Gasteiger partial charge in [0, 0.05) is 38.4 Å². The van der Waals surface area contributed by atoms with Crippen LogP contribution in [0.5, 0.6) is 17.8 Å². The number of aromatic amines is 1. The quantitative estimate of drug-likeness (QED) is 0.133. The molecule has 20 heteroatoms. The Morgan fingerprint density at radius 3 is 1.53 bits per heavy atom. The SMILES string of the molecule is CC(C)Oc1ccc(Nc2nc(OCc3ccc(Cl)cc3)n(C(C)(C)C)c(=O)n2)cc1F.Cc1nc(=O)n(C(C)(C)C)c(=O)[nH]1.Cc1nc(OCc2ccc(Cl)cc2)n(C(C)(C)C)c(=O)n1. The summed E-state index contributed by atoms with van der Waals surface area (Å²) >= 11 is 11.8. The molecule has 0 aliphatic heterocycles. The molecule has 0 bridgehead atoms. The molecule has 0 atom stereocenters. The summed E-state index contributed by atoms with van der Waals surface area (Å²) < 4.78 is 35.2. The Morgan fingerprint density at radius 1 is 0.636 bits per heavy atom. The van der Waals surface area contributed by atoms with Crippen molar-refractivity contribution in [3.63, 3.8) is 0 Å². The van der Waals surface area contributed by atoms with E-state index in [1.807, 2.05) is 79.7 Å². The van der Waals surface area contributed by atoms with E-state index in [1.54, 1.807) is 65.0 Å². The molecule has 0 amide bonds. The highest BCUT2D eigenvalue weighted by molar-refractivity contribution is 6.30. The van der Waals surface area contributed by atoms with Crippen LogP contribution in [-0.4, -0.2) is 49.7 Å².